The Bertz CT molecular complexity index is 698. The number of carbonyl (C=O) groups is 2. The molecule has 0 radical (unpaired) electrons. The van der Waals surface area contributed by atoms with Gasteiger partial charge in [0.25, 0.3) is 0 Å². The van der Waals surface area contributed by atoms with E-state index >= 15 is 0 Å². The molecule has 118 valence electrons. The summed E-state index contributed by atoms with van der Waals surface area (Å²) in [5, 5.41) is 3.02. The van der Waals surface area contributed by atoms with Crippen LogP contribution < -0.4 is 5.32 Å². The molecule has 1 amide bonds. The first-order valence-electron chi connectivity index (χ1n) is 7.05. The third-order valence-electron chi connectivity index (χ3n) is 2.97. The Kier molecular flexibility index (Phi) is 6.39. The van der Waals surface area contributed by atoms with E-state index in [2.05, 4.69) is 5.32 Å². The van der Waals surface area contributed by atoms with Crippen molar-refractivity contribution in [3.63, 3.8) is 0 Å². The Morgan fingerprint density at radius 1 is 1.04 bits per heavy atom. The summed E-state index contributed by atoms with van der Waals surface area (Å²) in [5.41, 5.74) is 1.63. The number of ether oxygens (including phenoxy) is 1. The Morgan fingerprint density at radius 2 is 1.74 bits per heavy atom. The van der Waals surface area contributed by atoms with Crippen LogP contribution >= 0.6 is 11.6 Å². The molecule has 2 rings (SSSR count). The molecule has 0 heterocycles. The van der Waals surface area contributed by atoms with Crippen molar-refractivity contribution in [3.8, 4) is 0 Å². The SMILES string of the molecule is O=C(/C=C/c1ccccc1Cl)NCC(=O)OCc1ccccc1. The lowest BCUT2D eigenvalue weighted by Crippen LogP contribution is -2.29. The lowest BCUT2D eigenvalue weighted by Gasteiger charge is -2.05. The zero-order valence-electron chi connectivity index (χ0n) is 12.4. The fraction of sp³-hybridized carbons (Fsp3) is 0.111. The van der Waals surface area contributed by atoms with E-state index < -0.39 is 5.97 Å². The Morgan fingerprint density at radius 3 is 2.48 bits per heavy atom. The van der Waals surface area contributed by atoms with E-state index in [1.807, 2.05) is 42.5 Å². The van der Waals surface area contributed by atoms with Crippen molar-refractivity contribution in [1.82, 2.24) is 5.32 Å². The molecule has 4 nitrogen and oxygen atoms in total. The first kappa shape index (κ1) is 16.8. The molecule has 2 aromatic carbocycles. The average molecular weight is 330 g/mol. The van der Waals surface area contributed by atoms with Gasteiger partial charge in [-0.2, -0.15) is 0 Å². The Labute approximate surface area is 139 Å². The molecule has 0 bridgehead atoms. The van der Waals surface area contributed by atoms with Crippen LogP contribution in [0.15, 0.2) is 60.7 Å². The van der Waals surface area contributed by atoms with Gasteiger partial charge in [0, 0.05) is 11.1 Å². The number of rotatable bonds is 6. The number of hydrogen-bond donors (Lipinski definition) is 1. The van der Waals surface area contributed by atoms with E-state index in [1.165, 1.54) is 6.08 Å². The molecule has 5 heteroatoms. The standard InChI is InChI=1S/C18H16ClNO3/c19-16-9-5-4-8-15(16)10-11-17(21)20-12-18(22)23-13-14-6-2-1-3-7-14/h1-11H,12-13H2,(H,20,21)/b11-10+. The van der Waals surface area contributed by atoms with Crippen molar-refractivity contribution in [3.05, 3.63) is 76.8 Å². The summed E-state index contributed by atoms with van der Waals surface area (Å²) in [6.45, 7) is 0.00351. The maximum Gasteiger partial charge on any atom is 0.325 e. The number of halogens is 1. The Hall–Kier alpha value is -2.59. The summed E-state index contributed by atoms with van der Waals surface area (Å²) in [7, 11) is 0. The van der Waals surface area contributed by atoms with Gasteiger partial charge >= 0.3 is 5.97 Å². The fourth-order valence-corrected chi connectivity index (χ4v) is 1.98. The second-order valence-electron chi connectivity index (χ2n) is 4.72. The molecule has 2 aromatic rings. The Balaban J connectivity index is 1.73. The van der Waals surface area contributed by atoms with E-state index in [9.17, 15) is 9.59 Å². The van der Waals surface area contributed by atoms with E-state index in [-0.39, 0.29) is 19.1 Å². The molecule has 0 fully saturated rings. The predicted octanol–water partition coefficient (Wildman–Crippen LogP) is 3.21. The molecule has 0 unspecified atom stereocenters. The number of nitrogens with one attached hydrogen (secondary N) is 1. The van der Waals surface area contributed by atoms with Crippen molar-refractivity contribution < 1.29 is 14.3 Å². The van der Waals surface area contributed by atoms with Crippen LogP contribution in [0.1, 0.15) is 11.1 Å². The lowest BCUT2D eigenvalue weighted by atomic mass is 10.2. The first-order chi connectivity index (χ1) is 11.1. The minimum atomic E-state index is -0.492. The highest BCUT2D eigenvalue weighted by Crippen LogP contribution is 2.15. The molecule has 0 saturated heterocycles. The molecule has 0 aliphatic heterocycles. The fourth-order valence-electron chi connectivity index (χ4n) is 1.78. The third kappa shape index (κ3) is 5.96. The zero-order valence-corrected chi connectivity index (χ0v) is 13.1. The monoisotopic (exact) mass is 329 g/mol. The quantitative estimate of drug-likeness (QED) is 0.654. The van der Waals surface area contributed by atoms with E-state index in [0.29, 0.717) is 5.02 Å². The molecular formula is C18H16ClNO3. The largest absolute Gasteiger partial charge is 0.460 e. The highest BCUT2D eigenvalue weighted by atomic mass is 35.5. The van der Waals surface area contributed by atoms with Gasteiger partial charge < -0.3 is 10.1 Å². The molecule has 0 aliphatic rings. The minimum Gasteiger partial charge on any atom is -0.460 e. The maximum atomic E-state index is 11.7. The second-order valence-corrected chi connectivity index (χ2v) is 5.13. The van der Waals surface area contributed by atoms with Gasteiger partial charge in [0.2, 0.25) is 5.91 Å². The van der Waals surface area contributed by atoms with Crippen LogP contribution in [0.4, 0.5) is 0 Å². The number of esters is 1. The van der Waals surface area contributed by atoms with Gasteiger partial charge in [0.15, 0.2) is 0 Å². The summed E-state index contributed by atoms with van der Waals surface area (Å²) in [6, 6.07) is 16.5. The second kappa shape index (κ2) is 8.76. The van der Waals surface area contributed by atoms with Gasteiger partial charge in [-0.15, -0.1) is 0 Å². The summed E-state index contributed by atoms with van der Waals surface area (Å²) in [6.07, 6.45) is 2.92. The molecule has 23 heavy (non-hydrogen) atoms. The van der Waals surface area contributed by atoms with E-state index in [1.54, 1.807) is 18.2 Å². The number of benzene rings is 2. The van der Waals surface area contributed by atoms with Crippen molar-refractivity contribution in [2.75, 3.05) is 6.54 Å². The zero-order chi connectivity index (χ0) is 16.5. The van der Waals surface area contributed by atoms with Crippen molar-refractivity contribution in [2.45, 2.75) is 6.61 Å². The first-order valence-corrected chi connectivity index (χ1v) is 7.43. The predicted molar refractivity (Wildman–Crippen MR) is 89.7 cm³/mol. The van der Waals surface area contributed by atoms with Crippen LogP contribution in [0.5, 0.6) is 0 Å². The van der Waals surface area contributed by atoms with E-state index in [0.717, 1.165) is 11.1 Å². The minimum absolute atomic E-state index is 0.182. The van der Waals surface area contributed by atoms with Gasteiger partial charge in [0.05, 0.1) is 0 Å². The van der Waals surface area contributed by atoms with Crippen LogP contribution in [0.3, 0.4) is 0 Å². The summed E-state index contributed by atoms with van der Waals surface area (Å²) >= 11 is 5.98. The number of amides is 1. The summed E-state index contributed by atoms with van der Waals surface area (Å²) in [4.78, 5) is 23.2. The van der Waals surface area contributed by atoms with Crippen molar-refractivity contribution in [2.24, 2.45) is 0 Å². The van der Waals surface area contributed by atoms with Crippen LogP contribution in [0, 0.1) is 0 Å². The molecule has 0 aromatic heterocycles. The van der Waals surface area contributed by atoms with Crippen LogP contribution in [-0.2, 0) is 20.9 Å². The molecule has 0 spiro atoms. The third-order valence-corrected chi connectivity index (χ3v) is 3.31. The van der Waals surface area contributed by atoms with Crippen molar-refractivity contribution >= 4 is 29.6 Å². The van der Waals surface area contributed by atoms with Gasteiger partial charge in [-0.25, -0.2) is 0 Å². The highest BCUT2D eigenvalue weighted by Gasteiger charge is 2.05. The lowest BCUT2D eigenvalue weighted by molar-refractivity contribution is -0.144. The smallest absolute Gasteiger partial charge is 0.325 e. The molecule has 0 aliphatic carbocycles. The van der Waals surface area contributed by atoms with Crippen LogP contribution in [-0.4, -0.2) is 18.4 Å². The maximum absolute atomic E-state index is 11.7. The topological polar surface area (TPSA) is 55.4 Å². The highest BCUT2D eigenvalue weighted by molar-refractivity contribution is 6.32. The number of carbonyl (C=O) groups excluding carboxylic acids is 2. The van der Waals surface area contributed by atoms with E-state index in [4.69, 9.17) is 16.3 Å². The van der Waals surface area contributed by atoms with Gasteiger partial charge in [0.1, 0.15) is 13.2 Å². The summed E-state index contributed by atoms with van der Waals surface area (Å²) < 4.78 is 5.06. The van der Waals surface area contributed by atoms with Crippen molar-refractivity contribution in [1.29, 1.82) is 0 Å². The van der Waals surface area contributed by atoms with Gasteiger partial charge in [-0.05, 0) is 23.3 Å². The van der Waals surface area contributed by atoms with Gasteiger partial charge in [-0.3, -0.25) is 9.59 Å². The normalized spacial score (nSPS) is 10.5. The van der Waals surface area contributed by atoms with Crippen LogP contribution in [0.25, 0.3) is 6.08 Å². The average Bonchev–Trinajstić information content (AvgIpc) is 2.58. The molecular weight excluding hydrogens is 314 g/mol. The molecule has 1 N–H and O–H groups in total. The number of hydrogen-bond acceptors (Lipinski definition) is 3. The summed E-state index contributed by atoms with van der Waals surface area (Å²) in [5.74, 6) is -0.880. The van der Waals surface area contributed by atoms with Gasteiger partial charge in [-0.1, -0.05) is 60.1 Å². The molecule has 0 saturated carbocycles. The van der Waals surface area contributed by atoms with Crippen LogP contribution in [0.2, 0.25) is 5.02 Å². The molecule has 0 atom stereocenters.